The van der Waals surface area contributed by atoms with Crippen molar-refractivity contribution in [2.75, 3.05) is 13.7 Å². The van der Waals surface area contributed by atoms with Gasteiger partial charge >= 0.3 is 0 Å². The van der Waals surface area contributed by atoms with Crippen molar-refractivity contribution >= 4 is 33.2 Å². The first-order valence-corrected chi connectivity index (χ1v) is 11.7. The number of nitrogens with one attached hydrogen (secondary N) is 1. The zero-order chi connectivity index (χ0) is 23.6. The maximum atomic E-state index is 14.6. The summed E-state index contributed by atoms with van der Waals surface area (Å²) in [5.74, 6) is -0.574. The van der Waals surface area contributed by atoms with E-state index in [0.717, 1.165) is 5.56 Å². The molecule has 0 aliphatic carbocycles. The van der Waals surface area contributed by atoms with Gasteiger partial charge in [0.1, 0.15) is 23.8 Å². The number of halogens is 2. The summed E-state index contributed by atoms with van der Waals surface area (Å²) in [5, 5.41) is 7.10. The van der Waals surface area contributed by atoms with Gasteiger partial charge in [-0.15, -0.1) is 0 Å². The molecule has 1 N–H and O–H groups in total. The van der Waals surface area contributed by atoms with E-state index in [1.54, 1.807) is 30.3 Å². The number of carbonyl (C=O) groups excluding carboxylic acids is 1. The SMILES string of the molecule is COc1ccccc1CNC(=O)CN1N=C(c2ccccc2F)c2cc(Cl)ccc2S1(=O)=O. The lowest BCUT2D eigenvalue weighted by atomic mass is 10.0. The lowest BCUT2D eigenvalue weighted by Gasteiger charge is -2.27. The van der Waals surface area contributed by atoms with Crippen LogP contribution in [0.25, 0.3) is 0 Å². The van der Waals surface area contributed by atoms with Gasteiger partial charge < -0.3 is 10.1 Å². The summed E-state index contributed by atoms with van der Waals surface area (Å²) < 4.78 is 46.8. The summed E-state index contributed by atoms with van der Waals surface area (Å²) in [6.07, 6.45) is 0. The number of hydrazone groups is 1. The van der Waals surface area contributed by atoms with E-state index in [-0.39, 0.29) is 33.3 Å². The van der Waals surface area contributed by atoms with Crippen molar-refractivity contribution in [3.63, 3.8) is 0 Å². The largest absolute Gasteiger partial charge is 0.496 e. The molecule has 3 aromatic rings. The molecule has 0 saturated carbocycles. The molecule has 0 spiro atoms. The molecule has 4 rings (SSSR count). The zero-order valence-electron chi connectivity index (χ0n) is 17.5. The Morgan fingerprint density at radius 1 is 1.09 bits per heavy atom. The molecule has 0 saturated heterocycles. The Hall–Kier alpha value is -3.43. The van der Waals surface area contributed by atoms with Crippen LogP contribution in [0.3, 0.4) is 0 Å². The van der Waals surface area contributed by atoms with E-state index in [1.807, 2.05) is 0 Å². The smallest absolute Gasteiger partial charge is 0.280 e. The first-order valence-electron chi connectivity index (χ1n) is 9.86. The predicted octanol–water partition coefficient (Wildman–Crippen LogP) is 3.56. The summed E-state index contributed by atoms with van der Waals surface area (Å²) in [5.41, 5.74) is 1.05. The first-order chi connectivity index (χ1) is 15.8. The van der Waals surface area contributed by atoms with E-state index in [1.165, 1.54) is 43.5 Å². The fraction of sp³-hybridized carbons (Fsp3) is 0.130. The fourth-order valence-electron chi connectivity index (χ4n) is 3.44. The maximum absolute atomic E-state index is 14.6. The Morgan fingerprint density at radius 2 is 1.82 bits per heavy atom. The molecule has 1 aliphatic rings. The number of nitrogens with zero attached hydrogens (tertiary/aromatic N) is 2. The number of para-hydroxylation sites is 1. The fourth-order valence-corrected chi connectivity index (χ4v) is 4.99. The van der Waals surface area contributed by atoms with Crippen molar-refractivity contribution < 1.29 is 22.3 Å². The van der Waals surface area contributed by atoms with Crippen molar-refractivity contribution in [1.29, 1.82) is 0 Å². The van der Waals surface area contributed by atoms with Crippen molar-refractivity contribution in [3.8, 4) is 5.75 Å². The van der Waals surface area contributed by atoms with Crippen LogP contribution < -0.4 is 10.1 Å². The number of sulfonamides is 1. The highest BCUT2D eigenvalue weighted by Crippen LogP contribution is 2.31. The van der Waals surface area contributed by atoms with Gasteiger partial charge in [-0.05, 0) is 36.4 Å². The number of ether oxygens (including phenoxy) is 1. The highest BCUT2D eigenvalue weighted by Gasteiger charge is 2.35. The first kappa shape index (κ1) is 22.8. The standard InChI is InChI=1S/C23H19ClFN3O4S/c1-32-20-9-5-2-6-15(20)13-26-22(29)14-28-27-23(17-7-3-4-8-19(17)25)18-12-16(24)10-11-21(18)33(28,30)31/h2-12H,13-14H2,1H3,(H,26,29). The van der Waals surface area contributed by atoms with Crippen LogP contribution in [0.5, 0.6) is 5.75 Å². The molecule has 0 radical (unpaired) electrons. The number of benzene rings is 3. The molecule has 0 fully saturated rings. The van der Waals surface area contributed by atoms with Crippen molar-refractivity contribution in [3.05, 3.63) is 94.3 Å². The van der Waals surface area contributed by atoms with Crippen LogP contribution in [0.2, 0.25) is 5.02 Å². The molecule has 7 nitrogen and oxygen atoms in total. The van der Waals surface area contributed by atoms with Crippen LogP contribution in [0.4, 0.5) is 4.39 Å². The lowest BCUT2D eigenvalue weighted by Crippen LogP contribution is -2.40. The summed E-state index contributed by atoms with van der Waals surface area (Å²) in [6.45, 7) is -0.454. The van der Waals surface area contributed by atoms with E-state index >= 15 is 0 Å². The number of amides is 1. The molecule has 33 heavy (non-hydrogen) atoms. The van der Waals surface area contributed by atoms with Crippen LogP contribution in [0.15, 0.2) is 76.7 Å². The second-order valence-electron chi connectivity index (χ2n) is 7.14. The summed E-state index contributed by atoms with van der Waals surface area (Å²) in [4.78, 5) is 12.5. The summed E-state index contributed by atoms with van der Waals surface area (Å²) >= 11 is 6.08. The number of fused-ring (bicyclic) bond motifs is 1. The van der Waals surface area contributed by atoms with E-state index in [4.69, 9.17) is 16.3 Å². The van der Waals surface area contributed by atoms with Crippen molar-refractivity contribution in [2.24, 2.45) is 5.10 Å². The van der Waals surface area contributed by atoms with E-state index in [0.29, 0.717) is 10.2 Å². The highest BCUT2D eigenvalue weighted by atomic mass is 35.5. The summed E-state index contributed by atoms with van der Waals surface area (Å²) in [7, 11) is -2.65. The molecule has 10 heteroatoms. The third-order valence-electron chi connectivity index (χ3n) is 5.04. The molecule has 0 aromatic heterocycles. The van der Waals surface area contributed by atoms with E-state index < -0.39 is 28.3 Å². The molecule has 0 atom stereocenters. The normalized spacial score (nSPS) is 14.3. The molecule has 1 heterocycles. The van der Waals surface area contributed by atoms with Gasteiger partial charge in [0.25, 0.3) is 10.0 Å². The lowest BCUT2D eigenvalue weighted by molar-refractivity contribution is -0.121. The maximum Gasteiger partial charge on any atom is 0.280 e. The second kappa shape index (κ2) is 9.21. The Kier molecular flexibility index (Phi) is 6.35. The topological polar surface area (TPSA) is 88.1 Å². The van der Waals surface area contributed by atoms with Gasteiger partial charge in [-0.1, -0.05) is 41.9 Å². The molecule has 0 bridgehead atoms. The third-order valence-corrected chi connectivity index (χ3v) is 6.95. The molecular formula is C23H19ClFN3O4S. The number of hydrogen-bond acceptors (Lipinski definition) is 5. The Balaban J connectivity index is 1.66. The minimum absolute atomic E-state index is 0.0675. The molecule has 1 amide bonds. The Morgan fingerprint density at radius 3 is 2.58 bits per heavy atom. The molecular weight excluding hydrogens is 469 g/mol. The van der Waals surface area contributed by atoms with Crippen molar-refractivity contribution in [2.45, 2.75) is 11.4 Å². The van der Waals surface area contributed by atoms with Crippen molar-refractivity contribution in [1.82, 2.24) is 9.73 Å². The van der Waals surface area contributed by atoms with Crippen LogP contribution in [0, 0.1) is 5.82 Å². The van der Waals surface area contributed by atoms with E-state index in [9.17, 15) is 17.6 Å². The van der Waals surface area contributed by atoms with Gasteiger partial charge in [-0.2, -0.15) is 17.9 Å². The molecule has 170 valence electrons. The minimum Gasteiger partial charge on any atom is -0.496 e. The van der Waals surface area contributed by atoms with Crippen LogP contribution in [-0.4, -0.2) is 38.1 Å². The number of hydrogen-bond donors (Lipinski definition) is 1. The van der Waals surface area contributed by atoms with Crippen LogP contribution >= 0.6 is 11.6 Å². The minimum atomic E-state index is -4.16. The molecule has 3 aromatic carbocycles. The molecule has 0 unspecified atom stereocenters. The van der Waals surface area contributed by atoms with Gasteiger partial charge in [-0.3, -0.25) is 4.79 Å². The third kappa shape index (κ3) is 4.55. The second-order valence-corrected chi connectivity index (χ2v) is 9.39. The number of methoxy groups -OCH3 is 1. The quantitative estimate of drug-likeness (QED) is 0.576. The van der Waals surface area contributed by atoms with Crippen LogP contribution in [0.1, 0.15) is 16.7 Å². The predicted molar refractivity (Wildman–Crippen MR) is 122 cm³/mol. The van der Waals surface area contributed by atoms with Gasteiger partial charge in [-0.25, -0.2) is 4.39 Å². The van der Waals surface area contributed by atoms with Gasteiger partial charge in [0.2, 0.25) is 5.91 Å². The van der Waals surface area contributed by atoms with E-state index in [2.05, 4.69) is 10.4 Å². The average molecular weight is 488 g/mol. The van der Waals surface area contributed by atoms with Gasteiger partial charge in [0, 0.05) is 28.3 Å². The zero-order valence-corrected chi connectivity index (χ0v) is 19.0. The Bertz CT molecular complexity index is 1360. The highest BCUT2D eigenvalue weighted by molar-refractivity contribution is 7.89. The van der Waals surface area contributed by atoms with Gasteiger partial charge in [0.05, 0.1) is 12.0 Å². The average Bonchev–Trinajstić information content (AvgIpc) is 2.80. The number of rotatable bonds is 6. The summed E-state index contributed by atoms with van der Waals surface area (Å²) in [6, 6.07) is 17.1. The Labute approximate surface area is 195 Å². The van der Waals surface area contributed by atoms with Crippen LogP contribution in [-0.2, 0) is 21.4 Å². The number of carbonyl (C=O) groups is 1. The monoisotopic (exact) mass is 487 g/mol. The molecule has 1 aliphatic heterocycles. The van der Waals surface area contributed by atoms with Gasteiger partial charge in [0.15, 0.2) is 0 Å².